The molecule has 6 nitrogen and oxygen atoms in total. The number of aromatic nitrogens is 5. The van der Waals surface area contributed by atoms with Crippen molar-refractivity contribution in [2.75, 3.05) is 29.1 Å². The summed E-state index contributed by atoms with van der Waals surface area (Å²) in [5.74, 6) is 4.57. The number of tetrazole rings is 1. The lowest BCUT2D eigenvalue weighted by molar-refractivity contribution is 0.817. The van der Waals surface area contributed by atoms with E-state index >= 15 is 0 Å². The van der Waals surface area contributed by atoms with Crippen LogP contribution in [0.1, 0.15) is 0 Å². The average molecular weight is 268 g/mol. The zero-order chi connectivity index (χ0) is 11.5. The minimum absolute atomic E-state index is 0.653. The first-order valence-corrected chi connectivity index (χ1v) is 7.59. The molecule has 1 N–H and O–H groups in total. The van der Waals surface area contributed by atoms with E-state index < -0.39 is 0 Å². The first-order chi connectivity index (χ1) is 8.43. The van der Waals surface area contributed by atoms with Crippen LogP contribution in [0.4, 0.5) is 5.82 Å². The third-order valence-electron chi connectivity index (χ3n) is 2.50. The largest absolute Gasteiger partial charge is 0.367 e. The SMILES string of the molecule is c1ncc2nnnn2c1NCC1CSCCS1. The zero-order valence-electron chi connectivity index (χ0n) is 9.11. The van der Waals surface area contributed by atoms with Gasteiger partial charge in [0.25, 0.3) is 0 Å². The van der Waals surface area contributed by atoms with Gasteiger partial charge < -0.3 is 5.32 Å². The number of rotatable bonds is 3. The molecule has 2 aromatic rings. The molecule has 0 spiro atoms. The highest BCUT2D eigenvalue weighted by Gasteiger charge is 2.14. The van der Waals surface area contributed by atoms with Gasteiger partial charge in [0.05, 0.1) is 12.4 Å². The lowest BCUT2D eigenvalue weighted by atomic mass is 10.4. The fourth-order valence-electron chi connectivity index (χ4n) is 1.67. The van der Waals surface area contributed by atoms with Crippen molar-refractivity contribution < 1.29 is 0 Å². The zero-order valence-corrected chi connectivity index (χ0v) is 10.7. The summed E-state index contributed by atoms with van der Waals surface area (Å²) in [6.45, 7) is 0.929. The third kappa shape index (κ3) is 2.47. The van der Waals surface area contributed by atoms with E-state index in [0.29, 0.717) is 10.9 Å². The predicted molar refractivity (Wildman–Crippen MR) is 70.6 cm³/mol. The Labute approximate surface area is 107 Å². The van der Waals surface area contributed by atoms with Crippen LogP contribution in [0.25, 0.3) is 5.65 Å². The van der Waals surface area contributed by atoms with Crippen molar-refractivity contribution in [3.63, 3.8) is 0 Å². The van der Waals surface area contributed by atoms with Crippen LogP contribution in [0.5, 0.6) is 0 Å². The molecule has 1 fully saturated rings. The molecule has 1 atom stereocenters. The summed E-state index contributed by atoms with van der Waals surface area (Å²) in [5.41, 5.74) is 0.667. The summed E-state index contributed by atoms with van der Waals surface area (Å²) in [7, 11) is 0. The molecular formula is C9H12N6S2. The summed E-state index contributed by atoms with van der Waals surface area (Å²) >= 11 is 4.05. The number of anilines is 1. The Hall–Kier alpha value is -1.02. The van der Waals surface area contributed by atoms with Crippen molar-refractivity contribution in [1.82, 2.24) is 25.0 Å². The number of nitrogens with zero attached hydrogens (tertiary/aromatic N) is 5. The molecule has 0 saturated carbocycles. The van der Waals surface area contributed by atoms with E-state index in [0.717, 1.165) is 12.4 Å². The van der Waals surface area contributed by atoms with Crippen LogP contribution in [-0.2, 0) is 0 Å². The second-order valence-electron chi connectivity index (χ2n) is 3.69. The summed E-state index contributed by atoms with van der Waals surface area (Å²) in [5, 5.41) is 15.4. The molecule has 3 heterocycles. The summed E-state index contributed by atoms with van der Waals surface area (Å²) in [4.78, 5) is 4.11. The molecule has 0 bridgehead atoms. The van der Waals surface area contributed by atoms with E-state index in [1.54, 1.807) is 16.9 Å². The van der Waals surface area contributed by atoms with E-state index in [4.69, 9.17) is 0 Å². The monoisotopic (exact) mass is 268 g/mol. The highest BCUT2D eigenvalue weighted by molar-refractivity contribution is 8.06. The van der Waals surface area contributed by atoms with Crippen molar-refractivity contribution in [3.05, 3.63) is 12.4 Å². The quantitative estimate of drug-likeness (QED) is 0.882. The highest BCUT2D eigenvalue weighted by atomic mass is 32.2. The van der Waals surface area contributed by atoms with Gasteiger partial charge in [0.1, 0.15) is 5.82 Å². The normalized spacial score (nSPS) is 20.6. The van der Waals surface area contributed by atoms with Gasteiger partial charge in [-0.25, -0.2) is 0 Å². The minimum atomic E-state index is 0.653. The molecule has 2 aromatic heterocycles. The van der Waals surface area contributed by atoms with Crippen LogP contribution in [0.3, 0.4) is 0 Å². The smallest absolute Gasteiger partial charge is 0.199 e. The van der Waals surface area contributed by atoms with Gasteiger partial charge in [-0.2, -0.15) is 28.0 Å². The van der Waals surface area contributed by atoms with E-state index in [1.165, 1.54) is 17.3 Å². The van der Waals surface area contributed by atoms with E-state index in [1.807, 2.05) is 23.5 Å². The molecule has 0 radical (unpaired) electrons. The fourth-order valence-corrected chi connectivity index (χ4v) is 4.28. The lowest BCUT2D eigenvalue weighted by Crippen LogP contribution is -2.24. The average Bonchev–Trinajstić information content (AvgIpc) is 2.86. The summed E-state index contributed by atoms with van der Waals surface area (Å²) in [6, 6.07) is 0. The molecule has 0 amide bonds. The number of thioether (sulfide) groups is 2. The molecule has 1 unspecified atom stereocenters. The van der Waals surface area contributed by atoms with Gasteiger partial charge in [0.2, 0.25) is 0 Å². The Bertz CT molecular complexity index is 495. The Balaban J connectivity index is 1.69. The second-order valence-corrected chi connectivity index (χ2v) is 6.25. The van der Waals surface area contributed by atoms with Gasteiger partial charge in [0, 0.05) is 29.1 Å². The topological polar surface area (TPSA) is 68.0 Å². The van der Waals surface area contributed by atoms with Crippen molar-refractivity contribution in [1.29, 1.82) is 0 Å². The molecule has 0 aliphatic carbocycles. The third-order valence-corrected chi connectivity index (χ3v) is 5.35. The molecule has 1 saturated heterocycles. The maximum Gasteiger partial charge on any atom is 0.199 e. The van der Waals surface area contributed by atoms with Gasteiger partial charge in [-0.05, 0) is 10.4 Å². The number of hydrogen-bond donors (Lipinski definition) is 1. The Morgan fingerprint density at radius 2 is 2.41 bits per heavy atom. The van der Waals surface area contributed by atoms with Gasteiger partial charge >= 0.3 is 0 Å². The summed E-state index contributed by atoms with van der Waals surface area (Å²) < 4.78 is 1.67. The Morgan fingerprint density at radius 3 is 3.29 bits per heavy atom. The van der Waals surface area contributed by atoms with Crippen molar-refractivity contribution in [2.24, 2.45) is 0 Å². The van der Waals surface area contributed by atoms with Crippen LogP contribution >= 0.6 is 23.5 Å². The van der Waals surface area contributed by atoms with Crippen LogP contribution in [0, 0.1) is 0 Å². The molecule has 1 aliphatic heterocycles. The first-order valence-electron chi connectivity index (χ1n) is 5.39. The fraction of sp³-hybridized carbons (Fsp3) is 0.556. The molecule has 17 heavy (non-hydrogen) atoms. The molecular weight excluding hydrogens is 256 g/mol. The van der Waals surface area contributed by atoms with Crippen molar-refractivity contribution in [2.45, 2.75) is 5.25 Å². The first kappa shape index (κ1) is 11.1. The van der Waals surface area contributed by atoms with Crippen LogP contribution in [-0.4, -0.2) is 54.1 Å². The van der Waals surface area contributed by atoms with Gasteiger partial charge in [-0.3, -0.25) is 4.98 Å². The van der Waals surface area contributed by atoms with Crippen LogP contribution in [0.2, 0.25) is 0 Å². The molecule has 8 heteroatoms. The number of nitrogens with one attached hydrogen (secondary N) is 1. The molecule has 3 rings (SSSR count). The second kappa shape index (κ2) is 5.09. The van der Waals surface area contributed by atoms with Gasteiger partial charge in [0.15, 0.2) is 5.65 Å². The highest BCUT2D eigenvalue weighted by Crippen LogP contribution is 2.24. The number of fused-ring (bicyclic) bond motifs is 1. The maximum atomic E-state index is 4.11. The Kier molecular flexibility index (Phi) is 3.32. The molecule has 1 aliphatic rings. The van der Waals surface area contributed by atoms with Gasteiger partial charge in [-0.15, -0.1) is 5.10 Å². The van der Waals surface area contributed by atoms with Crippen LogP contribution < -0.4 is 5.32 Å². The van der Waals surface area contributed by atoms with Crippen molar-refractivity contribution in [3.8, 4) is 0 Å². The number of hydrogen-bond acceptors (Lipinski definition) is 7. The molecule has 0 aromatic carbocycles. The van der Waals surface area contributed by atoms with E-state index in [2.05, 4.69) is 25.8 Å². The van der Waals surface area contributed by atoms with Crippen molar-refractivity contribution >= 4 is 35.0 Å². The Morgan fingerprint density at radius 1 is 1.41 bits per heavy atom. The standard InChI is InChI=1S/C9H12N6S2/c1-2-17-7(6-16-1)3-11-8-4-10-5-9-12-13-14-15(8)9/h4-5,7,11H,1-3,6H2. The predicted octanol–water partition coefficient (Wildman–Crippen LogP) is 0.780. The summed E-state index contributed by atoms with van der Waals surface area (Å²) in [6.07, 6.45) is 3.40. The molecule has 90 valence electrons. The van der Waals surface area contributed by atoms with E-state index in [-0.39, 0.29) is 0 Å². The van der Waals surface area contributed by atoms with E-state index in [9.17, 15) is 0 Å². The minimum Gasteiger partial charge on any atom is -0.367 e. The lowest BCUT2D eigenvalue weighted by Gasteiger charge is -2.21. The van der Waals surface area contributed by atoms with Crippen LogP contribution in [0.15, 0.2) is 12.4 Å². The maximum absolute atomic E-state index is 4.11. The van der Waals surface area contributed by atoms with Gasteiger partial charge in [-0.1, -0.05) is 0 Å².